The molecule has 4 rings (SSSR count). The normalized spacial score (nSPS) is 18.2. The summed E-state index contributed by atoms with van der Waals surface area (Å²) in [7, 11) is 1.38. The van der Waals surface area contributed by atoms with Gasteiger partial charge in [0.1, 0.15) is 17.9 Å². The van der Waals surface area contributed by atoms with Gasteiger partial charge in [0, 0.05) is 17.8 Å². The Labute approximate surface area is 207 Å². The van der Waals surface area contributed by atoms with Crippen LogP contribution in [0.25, 0.3) is 11.4 Å². The van der Waals surface area contributed by atoms with Gasteiger partial charge in [0.15, 0.2) is 11.6 Å². The fourth-order valence-electron chi connectivity index (χ4n) is 3.68. The van der Waals surface area contributed by atoms with Gasteiger partial charge in [-0.05, 0) is 55.8 Å². The van der Waals surface area contributed by atoms with E-state index in [0.29, 0.717) is 35.8 Å². The van der Waals surface area contributed by atoms with E-state index in [0.717, 1.165) is 0 Å². The monoisotopic (exact) mass is 500 g/mol. The molecule has 2 N–H and O–H groups in total. The van der Waals surface area contributed by atoms with Crippen LogP contribution in [0.4, 0.5) is 4.39 Å². The van der Waals surface area contributed by atoms with Crippen molar-refractivity contribution in [2.45, 2.75) is 51.7 Å². The number of nitrogens with one attached hydrogen (secondary N) is 1. The number of ether oxygens (including phenoxy) is 3. The van der Waals surface area contributed by atoms with E-state index in [4.69, 9.17) is 14.2 Å². The number of aliphatic hydroxyl groups is 1. The number of methoxy groups -OCH3 is 1. The van der Waals surface area contributed by atoms with Gasteiger partial charge in [0.05, 0.1) is 32.5 Å². The molecule has 11 nitrogen and oxygen atoms in total. The highest BCUT2D eigenvalue weighted by atomic mass is 19.1. The molecule has 1 aliphatic heterocycles. The number of carbonyl (C=O) groups excluding carboxylic acids is 1. The minimum Gasteiger partial charge on any atom is -0.494 e. The van der Waals surface area contributed by atoms with Gasteiger partial charge in [-0.25, -0.2) is 9.37 Å². The van der Waals surface area contributed by atoms with Crippen LogP contribution in [0.1, 0.15) is 35.6 Å². The molecule has 36 heavy (non-hydrogen) atoms. The molecule has 1 saturated heterocycles. The number of tetrazole rings is 1. The van der Waals surface area contributed by atoms with E-state index in [-0.39, 0.29) is 30.7 Å². The Bertz CT molecular complexity index is 1220. The number of aryl methyl sites for hydroxylation is 1. The molecule has 1 aromatic carbocycles. The summed E-state index contributed by atoms with van der Waals surface area (Å²) in [5.41, 5.74) is 1.09. The van der Waals surface area contributed by atoms with Gasteiger partial charge in [-0.1, -0.05) is 6.07 Å². The molecule has 0 saturated carbocycles. The molecule has 3 heterocycles. The smallest absolute Gasteiger partial charge is 0.270 e. The zero-order valence-electron chi connectivity index (χ0n) is 20.6. The summed E-state index contributed by atoms with van der Waals surface area (Å²) in [5.74, 6) is -0.429. The van der Waals surface area contributed by atoms with Crippen LogP contribution < -0.4 is 10.1 Å². The van der Waals surface area contributed by atoms with Crippen LogP contribution in [0.3, 0.4) is 0 Å². The number of hydrogen-bond donors (Lipinski definition) is 2. The molecule has 2 atom stereocenters. The molecule has 12 heteroatoms. The van der Waals surface area contributed by atoms with Crippen LogP contribution >= 0.6 is 0 Å². The van der Waals surface area contributed by atoms with Gasteiger partial charge in [-0.2, -0.15) is 4.80 Å². The number of pyridine rings is 1. The zero-order valence-corrected chi connectivity index (χ0v) is 20.6. The summed E-state index contributed by atoms with van der Waals surface area (Å²) in [4.78, 5) is 18.5. The first-order valence-corrected chi connectivity index (χ1v) is 11.5. The highest BCUT2D eigenvalue weighted by Crippen LogP contribution is 2.21. The summed E-state index contributed by atoms with van der Waals surface area (Å²) in [5, 5.41) is 25.4. The maximum atomic E-state index is 13.6. The summed E-state index contributed by atoms with van der Waals surface area (Å²) >= 11 is 0. The van der Waals surface area contributed by atoms with Crippen molar-refractivity contribution in [3.63, 3.8) is 0 Å². The van der Waals surface area contributed by atoms with Gasteiger partial charge in [-0.3, -0.25) is 4.79 Å². The third-order valence-corrected chi connectivity index (χ3v) is 5.69. The first-order chi connectivity index (χ1) is 17.1. The number of halogens is 1. The van der Waals surface area contributed by atoms with E-state index in [1.54, 1.807) is 39.0 Å². The number of amides is 1. The number of rotatable bonds is 8. The average molecular weight is 501 g/mol. The van der Waals surface area contributed by atoms with Crippen LogP contribution in [-0.2, 0) is 22.6 Å². The van der Waals surface area contributed by atoms with E-state index in [1.165, 1.54) is 24.0 Å². The lowest BCUT2D eigenvalue weighted by molar-refractivity contribution is -0.192. The topological polar surface area (TPSA) is 134 Å². The number of hydrogen-bond acceptors (Lipinski definition) is 9. The van der Waals surface area contributed by atoms with Crippen molar-refractivity contribution >= 4 is 5.91 Å². The second-order valence-corrected chi connectivity index (χ2v) is 9.13. The maximum absolute atomic E-state index is 13.6. The Hall–Kier alpha value is -3.48. The van der Waals surface area contributed by atoms with E-state index in [1.807, 2.05) is 0 Å². The molecule has 0 unspecified atom stereocenters. The fraction of sp³-hybridized carbons (Fsp3) is 0.458. The standard InChI is InChI=1S/C24H29FN6O5/c1-14-7-16(9-19(27-14)23(32)26-10-15-5-6-18(25)20(8-15)34-4)22-28-30-31(29-22)11-17-12-36-21(13-35-17)24(2,3)33/h5-9,17,21,33H,10-13H2,1-4H3,(H,26,32)/t17-,21-/m0/s1. The minimum atomic E-state index is -0.987. The van der Waals surface area contributed by atoms with Crippen LogP contribution in [0.15, 0.2) is 30.3 Å². The van der Waals surface area contributed by atoms with Crippen LogP contribution in [0.5, 0.6) is 5.75 Å². The van der Waals surface area contributed by atoms with Crippen LogP contribution in [0, 0.1) is 12.7 Å². The zero-order chi connectivity index (χ0) is 25.9. The molecule has 0 spiro atoms. The van der Waals surface area contributed by atoms with Crippen molar-refractivity contribution in [2.24, 2.45) is 0 Å². The molecule has 0 aliphatic carbocycles. The number of aromatic nitrogens is 5. The summed E-state index contributed by atoms with van der Waals surface area (Å²) in [6, 6.07) is 7.73. The van der Waals surface area contributed by atoms with E-state index < -0.39 is 23.4 Å². The summed E-state index contributed by atoms with van der Waals surface area (Å²) < 4.78 is 30.1. The van der Waals surface area contributed by atoms with Crippen LogP contribution in [-0.4, -0.2) is 74.3 Å². The molecular weight excluding hydrogens is 471 g/mol. The van der Waals surface area contributed by atoms with E-state index >= 15 is 0 Å². The highest BCUT2D eigenvalue weighted by Gasteiger charge is 2.33. The van der Waals surface area contributed by atoms with Crippen molar-refractivity contribution in [3.8, 4) is 17.1 Å². The number of carbonyl (C=O) groups is 1. The molecular formula is C24H29FN6O5. The van der Waals surface area contributed by atoms with Crippen molar-refractivity contribution in [3.05, 3.63) is 53.1 Å². The second kappa shape index (κ2) is 10.6. The number of nitrogens with zero attached hydrogens (tertiary/aromatic N) is 5. The van der Waals surface area contributed by atoms with Crippen molar-refractivity contribution in [1.82, 2.24) is 30.5 Å². The first-order valence-electron chi connectivity index (χ1n) is 11.5. The Balaban J connectivity index is 1.39. The Morgan fingerprint density at radius 3 is 2.78 bits per heavy atom. The molecule has 1 fully saturated rings. The molecule has 0 radical (unpaired) electrons. The Morgan fingerprint density at radius 2 is 2.08 bits per heavy atom. The average Bonchev–Trinajstić information content (AvgIpc) is 3.31. The summed E-state index contributed by atoms with van der Waals surface area (Å²) in [6.07, 6.45) is -0.682. The SMILES string of the molecule is COc1cc(CNC(=O)c2cc(-c3nnn(C[C@H]4CO[C@H](C(C)(C)O)CO4)n3)cc(C)n2)ccc1F. The number of benzene rings is 1. The molecule has 3 aromatic rings. The van der Waals surface area contributed by atoms with E-state index in [2.05, 4.69) is 25.7 Å². The van der Waals surface area contributed by atoms with Gasteiger partial charge in [0.25, 0.3) is 5.91 Å². The third-order valence-electron chi connectivity index (χ3n) is 5.69. The van der Waals surface area contributed by atoms with Gasteiger partial charge >= 0.3 is 0 Å². The quantitative estimate of drug-likeness (QED) is 0.474. The second-order valence-electron chi connectivity index (χ2n) is 9.13. The largest absolute Gasteiger partial charge is 0.494 e. The highest BCUT2D eigenvalue weighted by molar-refractivity contribution is 5.93. The van der Waals surface area contributed by atoms with Crippen LogP contribution in [0.2, 0.25) is 0 Å². The molecule has 0 bridgehead atoms. The molecule has 2 aromatic heterocycles. The molecule has 1 amide bonds. The lowest BCUT2D eigenvalue weighted by Gasteiger charge is -2.35. The minimum absolute atomic E-state index is 0.106. The van der Waals surface area contributed by atoms with Gasteiger partial charge in [-0.15, -0.1) is 10.2 Å². The molecule has 192 valence electrons. The lowest BCUT2D eigenvalue weighted by atomic mass is 10.0. The lowest BCUT2D eigenvalue weighted by Crippen LogP contribution is -2.48. The maximum Gasteiger partial charge on any atom is 0.270 e. The van der Waals surface area contributed by atoms with Gasteiger partial charge < -0.3 is 24.6 Å². The van der Waals surface area contributed by atoms with Crippen molar-refractivity contribution in [2.75, 3.05) is 20.3 Å². The Kier molecular flexibility index (Phi) is 7.57. The Morgan fingerprint density at radius 1 is 1.28 bits per heavy atom. The van der Waals surface area contributed by atoms with Crippen molar-refractivity contribution in [1.29, 1.82) is 0 Å². The molecule has 1 aliphatic rings. The fourth-order valence-corrected chi connectivity index (χ4v) is 3.68. The predicted molar refractivity (Wildman–Crippen MR) is 126 cm³/mol. The predicted octanol–water partition coefficient (Wildman–Crippen LogP) is 1.68. The van der Waals surface area contributed by atoms with Crippen molar-refractivity contribution < 1.29 is 28.5 Å². The summed E-state index contributed by atoms with van der Waals surface area (Å²) in [6.45, 7) is 6.18. The van der Waals surface area contributed by atoms with E-state index in [9.17, 15) is 14.3 Å². The third kappa shape index (κ3) is 6.20. The first kappa shape index (κ1) is 25.6. The van der Waals surface area contributed by atoms with Gasteiger partial charge in [0.2, 0.25) is 5.82 Å².